The van der Waals surface area contributed by atoms with Gasteiger partial charge in [0.05, 0.1) is 41.0 Å². The van der Waals surface area contributed by atoms with E-state index in [2.05, 4.69) is 21.7 Å². The van der Waals surface area contributed by atoms with Gasteiger partial charge in [-0.1, -0.05) is 24.3 Å². The molecule has 0 radical (unpaired) electrons. The van der Waals surface area contributed by atoms with Gasteiger partial charge in [0, 0.05) is 10.4 Å². The van der Waals surface area contributed by atoms with Crippen LogP contribution in [0.25, 0.3) is 32.7 Å². The lowest BCUT2D eigenvalue weighted by Gasteiger charge is -2.10. The zero-order valence-corrected chi connectivity index (χ0v) is 22.7. The summed E-state index contributed by atoms with van der Waals surface area (Å²) < 4.78 is 46.2. The van der Waals surface area contributed by atoms with Crippen molar-refractivity contribution < 1.29 is 22.7 Å². The summed E-state index contributed by atoms with van der Waals surface area (Å²) in [5.41, 5.74) is 5.99. The van der Waals surface area contributed by atoms with E-state index in [1.807, 2.05) is 39.0 Å². The molecule has 0 bridgehead atoms. The summed E-state index contributed by atoms with van der Waals surface area (Å²) in [6, 6.07) is 16.6. The number of hydrogen-bond acceptors (Lipinski definition) is 5. The fourth-order valence-corrected chi connectivity index (χ4v) is 5.62. The highest BCUT2D eigenvalue weighted by molar-refractivity contribution is 7.15. The quantitative estimate of drug-likeness (QED) is 0.201. The highest BCUT2D eigenvalue weighted by Gasteiger charge is 2.30. The van der Waals surface area contributed by atoms with Crippen LogP contribution in [0.4, 0.5) is 13.2 Å². The standard InChI is InChI=1S/C30H26F3N3O2S/c1-5-38-29(37)22-8-6-7-21(14-22)23-13-17(2)27-25(15-23)36(19(4)35-27)16-26-18(3)34-28(39-26)20-9-11-24(12-10-20)30(31,32)33/h6-15H,5,16H2,1-4H3. The molecule has 2 aromatic heterocycles. The molecule has 0 N–H and O–H groups in total. The molecule has 0 aliphatic carbocycles. The molecule has 0 fully saturated rings. The van der Waals surface area contributed by atoms with Crippen molar-refractivity contribution in [1.29, 1.82) is 0 Å². The number of aryl methyl sites for hydroxylation is 3. The van der Waals surface area contributed by atoms with Gasteiger partial charge >= 0.3 is 12.1 Å². The lowest BCUT2D eigenvalue weighted by atomic mass is 10.0. The molecule has 200 valence electrons. The molecule has 3 aromatic carbocycles. The summed E-state index contributed by atoms with van der Waals surface area (Å²) in [4.78, 5) is 22.7. The molecule has 0 amide bonds. The van der Waals surface area contributed by atoms with Crippen LogP contribution in [0, 0.1) is 20.8 Å². The van der Waals surface area contributed by atoms with Crippen LogP contribution in [-0.2, 0) is 17.5 Å². The third-order valence-electron chi connectivity index (χ3n) is 6.60. The third kappa shape index (κ3) is 5.31. The van der Waals surface area contributed by atoms with Gasteiger partial charge in [-0.3, -0.25) is 0 Å². The zero-order valence-electron chi connectivity index (χ0n) is 21.9. The molecule has 0 unspecified atom stereocenters. The maximum absolute atomic E-state index is 13.0. The number of ether oxygens (including phenoxy) is 1. The van der Waals surface area contributed by atoms with Crippen molar-refractivity contribution in [2.24, 2.45) is 0 Å². The number of rotatable bonds is 6. The first-order valence-corrected chi connectivity index (χ1v) is 13.3. The Morgan fingerprint density at radius 1 is 0.949 bits per heavy atom. The maximum atomic E-state index is 13.0. The molecular weight excluding hydrogens is 523 g/mol. The predicted octanol–water partition coefficient (Wildman–Crippen LogP) is 8.00. The van der Waals surface area contributed by atoms with Gasteiger partial charge in [-0.25, -0.2) is 14.8 Å². The Morgan fingerprint density at radius 3 is 2.38 bits per heavy atom. The fourth-order valence-electron chi connectivity index (χ4n) is 4.56. The van der Waals surface area contributed by atoms with Crippen molar-refractivity contribution in [1.82, 2.24) is 14.5 Å². The van der Waals surface area contributed by atoms with Crippen LogP contribution in [0.5, 0.6) is 0 Å². The number of alkyl halides is 3. The monoisotopic (exact) mass is 549 g/mol. The minimum atomic E-state index is -4.38. The predicted molar refractivity (Wildman–Crippen MR) is 147 cm³/mol. The van der Waals surface area contributed by atoms with Crippen LogP contribution in [0.2, 0.25) is 0 Å². The van der Waals surface area contributed by atoms with Crippen molar-refractivity contribution in [3.63, 3.8) is 0 Å². The number of halogens is 3. The first kappa shape index (κ1) is 26.6. The summed E-state index contributed by atoms with van der Waals surface area (Å²) in [5, 5.41) is 0.672. The van der Waals surface area contributed by atoms with E-state index in [-0.39, 0.29) is 5.97 Å². The maximum Gasteiger partial charge on any atom is 0.416 e. The van der Waals surface area contributed by atoms with E-state index < -0.39 is 11.7 Å². The second kappa shape index (κ2) is 10.3. The summed E-state index contributed by atoms with van der Waals surface area (Å²) in [6.07, 6.45) is -4.38. The summed E-state index contributed by atoms with van der Waals surface area (Å²) in [6.45, 7) is 8.49. The molecule has 0 atom stereocenters. The van der Waals surface area contributed by atoms with Crippen molar-refractivity contribution in [3.05, 3.63) is 93.7 Å². The first-order chi connectivity index (χ1) is 18.5. The Labute approximate surface area is 227 Å². The Morgan fingerprint density at radius 2 is 1.69 bits per heavy atom. The molecule has 39 heavy (non-hydrogen) atoms. The normalized spacial score (nSPS) is 11.8. The highest BCUT2D eigenvalue weighted by Crippen LogP contribution is 2.34. The first-order valence-electron chi connectivity index (χ1n) is 12.4. The number of imidazole rings is 1. The molecule has 0 aliphatic heterocycles. The van der Waals surface area contributed by atoms with Gasteiger partial charge in [-0.2, -0.15) is 13.2 Å². The lowest BCUT2D eigenvalue weighted by molar-refractivity contribution is -0.137. The number of nitrogens with zero attached hydrogens (tertiary/aromatic N) is 3. The van der Waals surface area contributed by atoms with E-state index >= 15 is 0 Å². The molecule has 0 aliphatic rings. The van der Waals surface area contributed by atoms with E-state index in [1.54, 1.807) is 13.0 Å². The van der Waals surface area contributed by atoms with Gasteiger partial charge in [0.2, 0.25) is 0 Å². The average Bonchev–Trinajstić information content (AvgIpc) is 3.43. The molecular formula is C30H26F3N3O2S. The number of carbonyl (C=O) groups excluding carboxylic acids is 1. The zero-order chi connectivity index (χ0) is 27.9. The molecule has 0 saturated carbocycles. The molecule has 0 saturated heterocycles. The smallest absolute Gasteiger partial charge is 0.416 e. The Bertz CT molecular complexity index is 1680. The van der Waals surface area contributed by atoms with Crippen molar-refractivity contribution >= 4 is 28.3 Å². The molecule has 9 heteroatoms. The van der Waals surface area contributed by atoms with Gasteiger partial charge in [-0.15, -0.1) is 11.3 Å². The SMILES string of the molecule is CCOC(=O)c1cccc(-c2cc(C)c3nc(C)n(Cc4sc(-c5ccc(C(F)(F)F)cc5)nc4C)c3c2)c1. The summed E-state index contributed by atoms with van der Waals surface area (Å²) >= 11 is 1.46. The minimum absolute atomic E-state index is 0.310. The highest BCUT2D eigenvalue weighted by atomic mass is 32.1. The van der Waals surface area contributed by atoms with Gasteiger partial charge in [0.15, 0.2) is 0 Å². The van der Waals surface area contributed by atoms with Crippen LogP contribution >= 0.6 is 11.3 Å². The van der Waals surface area contributed by atoms with E-state index in [9.17, 15) is 18.0 Å². The second-order valence-corrected chi connectivity index (χ2v) is 10.4. The summed E-state index contributed by atoms with van der Waals surface area (Å²) in [7, 11) is 0. The van der Waals surface area contributed by atoms with E-state index in [0.29, 0.717) is 29.3 Å². The molecule has 5 nitrogen and oxygen atoms in total. The topological polar surface area (TPSA) is 57.0 Å². The average molecular weight is 550 g/mol. The number of thiazole rings is 1. The van der Waals surface area contributed by atoms with E-state index in [4.69, 9.17) is 9.72 Å². The largest absolute Gasteiger partial charge is 0.462 e. The van der Waals surface area contributed by atoms with Crippen molar-refractivity contribution in [3.8, 4) is 21.7 Å². The molecule has 2 heterocycles. The Kier molecular flexibility index (Phi) is 7.03. The number of benzene rings is 3. The van der Waals surface area contributed by atoms with E-state index in [1.165, 1.54) is 23.5 Å². The molecule has 5 rings (SSSR count). The lowest BCUT2D eigenvalue weighted by Crippen LogP contribution is -2.04. The molecule has 5 aromatic rings. The van der Waals surface area contributed by atoms with Gasteiger partial charge < -0.3 is 9.30 Å². The van der Waals surface area contributed by atoms with Crippen LogP contribution in [0.1, 0.15) is 44.8 Å². The number of hydrogen-bond donors (Lipinski definition) is 0. The van der Waals surface area contributed by atoms with Crippen LogP contribution in [0.15, 0.2) is 60.7 Å². The number of carbonyl (C=O) groups is 1. The van der Waals surface area contributed by atoms with E-state index in [0.717, 1.165) is 56.3 Å². The fraction of sp³-hybridized carbons (Fsp3) is 0.233. The number of fused-ring (bicyclic) bond motifs is 1. The minimum Gasteiger partial charge on any atom is -0.462 e. The van der Waals surface area contributed by atoms with Crippen LogP contribution in [0.3, 0.4) is 0 Å². The Balaban J connectivity index is 1.50. The summed E-state index contributed by atoms with van der Waals surface area (Å²) in [5.74, 6) is 0.483. The third-order valence-corrected chi connectivity index (χ3v) is 7.79. The van der Waals surface area contributed by atoms with Gasteiger partial charge in [0.1, 0.15) is 10.8 Å². The van der Waals surface area contributed by atoms with Crippen LogP contribution in [-0.4, -0.2) is 27.1 Å². The van der Waals surface area contributed by atoms with Gasteiger partial charge in [0.25, 0.3) is 0 Å². The number of aromatic nitrogens is 3. The van der Waals surface area contributed by atoms with Gasteiger partial charge in [-0.05, 0) is 80.8 Å². The van der Waals surface area contributed by atoms with Crippen molar-refractivity contribution in [2.75, 3.05) is 6.61 Å². The Hall–Kier alpha value is -3.98. The van der Waals surface area contributed by atoms with Crippen LogP contribution < -0.4 is 0 Å². The molecule has 0 spiro atoms. The second-order valence-electron chi connectivity index (χ2n) is 9.31. The van der Waals surface area contributed by atoms with Crippen molar-refractivity contribution in [2.45, 2.75) is 40.4 Å². The number of esters is 1.